The normalized spacial score (nSPS) is 16.7. The minimum atomic E-state index is -3.89. The molecule has 3 rings (SSSR count). The van der Waals surface area contributed by atoms with E-state index in [1.807, 2.05) is 37.3 Å². The maximum absolute atomic E-state index is 12.6. The Morgan fingerprint density at radius 1 is 1.07 bits per heavy atom. The zero-order valence-corrected chi connectivity index (χ0v) is 18.2. The number of ether oxygens (including phenoxy) is 1. The predicted octanol–water partition coefficient (Wildman–Crippen LogP) is 3.44. The first kappa shape index (κ1) is 22.3. The monoisotopic (exact) mass is 432 g/mol. The van der Waals surface area contributed by atoms with Crippen LogP contribution in [0.1, 0.15) is 30.9 Å². The van der Waals surface area contributed by atoms with Gasteiger partial charge in [0.05, 0.1) is 17.0 Å². The fourth-order valence-electron chi connectivity index (χ4n) is 3.59. The first-order valence-electron chi connectivity index (χ1n) is 10.1. The van der Waals surface area contributed by atoms with E-state index in [1.54, 1.807) is 19.1 Å². The Balaban J connectivity index is 1.69. The molecule has 1 amide bonds. The van der Waals surface area contributed by atoms with E-state index in [-0.39, 0.29) is 11.5 Å². The van der Waals surface area contributed by atoms with Gasteiger partial charge in [0.2, 0.25) is 0 Å². The molecule has 8 heteroatoms. The number of carbonyl (C=O) groups excluding carboxylic acids is 1. The van der Waals surface area contributed by atoms with Crippen molar-refractivity contribution in [2.24, 2.45) is 0 Å². The molecule has 7 nitrogen and oxygen atoms in total. The number of hydroxylamine groups is 2. The molecule has 0 spiro atoms. The molecule has 0 unspecified atom stereocenters. The number of nitrogens with zero attached hydrogens (tertiary/aromatic N) is 1. The van der Waals surface area contributed by atoms with Crippen LogP contribution >= 0.6 is 0 Å². The number of hydrogen-bond acceptors (Lipinski definition) is 6. The molecular weight excluding hydrogens is 404 g/mol. The van der Waals surface area contributed by atoms with Crippen LogP contribution in [-0.4, -0.2) is 44.8 Å². The Bertz CT molecular complexity index is 937. The molecule has 0 saturated carbocycles. The van der Waals surface area contributed by atoms with Gasteiger partial charge >= 0.3 is 16.2 Å². The Hall–Kier alpha value is -2.42. The van der Waals surface area contributed by atoms with Crippen LogP contribution in [0.25, 0.3) is 0 Å². The number of amides is 1. The zero-order chi connectivity index (χ0) is 21.6. The molecule has 1 aliphatic rings. The Labute approximate surface area is 178 Å². The van der Waals surface area contributed by atoms with Crippen molar-refractivity contribution in [1.82, 2.24) is 10.4 Å². The second kappa shape index (κ2) is 9.59. The van der Waals surface area contributed by atoms with E-state index in [2.05, 4.69) is 5.32 Å². The summed E-state index contributed by atoms with van der Waals surface area (Å²) in [7, 11) is -3.89. The van der Waals surface area contributed by atoms with Crippen molar-refractivity contribution in [2.45, 2.75) is 43.5 Å². The lowest BCUT2D eigenvalue weighted by Gasteiger charge is -2.41. The summed E-state index contributed by atoms with van der Waals surface area (Å²) in [6, 6.07) is 16.4. The molecule has 162 valence electrons. The highest BCUT2D eigenvalue weighted by Gasteiger charge is 2.38. The molecule has 2 aromatic carbocycles. The van der Waals surface area contributed by atoms with E-state index >= 15 is 0 Å². The summed E-state index contributed by atoms with van der Waals surface area (Å²) < 4.78 is 35.6. The fourth-order valence-corrected chi connectivity index (χ4v) is 4.57. The SMILES string of the molecule is CCOC(=O)NC1(Cc2ccccc2)CCN(OS(=O)(=O)c2ccc(C)cc2)CC1. The van der Waals surface area contributed by atoms with Gasteiger partial charge in [0.25, 0.3) is 0 Å². The Morgan fingerprint density at radius 3 is 2.30 bits per heavy atom. The quantitative estimate of drug-likeness (QED) is 0.722. The molecule has 30 heavy (non-hydrogen) atoms. The molecule has 1 heterocycles. The van der Waals surface area contributed by atoms with Crippen molar-refractivity contribution in [3.63, 3.8) is 0 Å². The number of benzene rings is 2. The summed E-state index contributed by atoms with van der Waals surface area (Å²) >= 11 is 0. The Morgan fingerprint density at radius 2 is 1.70 bits per heavy atom. The van der Waals surface area contributed by atoms with Gasteiger partial charge in [-0.1, -0.05) is 48.0 Å². The average molecular weight is 433 g/mol. The smallest absolute Gasteiger partial charge is 0.407 e. The van der Waals surface area contributed by atoms with Gasteiger partial charge in [-0.05, 0) is 50.8 Å². The maximum atomic E-state index is 12.6. The average Bonchev–Trinajstić information content (AvgIpc) is 2.71. The fraction of sp³-hybridized carbons (Fsp3) is 0.409. The number of alkyl carbamates (subject to hydrolysis) is 1. The molecule has 0 atom stereocenters. The molecule has 1 saturated heterocycles. The van der Waals surface area contributed by atoms with Crippen molar-refractivity contribution in [3.05, 3.63) is 65.7 Å². The van der Waals surface area contributed by atoms with Gasteiger partial charge in [-0.3, -0.25) is 0 Å². The standard InChI is InChI=1S/C22H28N2O5S/c1-3-28-21(25)23-22(17-19-7-5-4-6-8-19)13-15-24(16-14-22)29-30(26,27)20-11-9-18(2)10-12-20/h4-12H,3,13-17H2,1-2H3,(H,23,25). The second-order valence-electron chi connectivity index (χ2n) is 7.56. The van der Waals surface area contributed by atoms with Crippen LogP contribution in [0.15, 0.2) is 59.5 Å². The highest BCUT2D eigenvalue weighted by molar-refractivity contribution is 7.86. The largest absolute Gasteiger partial charge is 0.450 e. The van der Waals surface area contributed by atoms with Gasteiger partial charge in [0, 0.05) is 13.1 Å². The van der Waals surface area contributed by atoms with E-state index in [4.69, 9.17) is 9.02 Å². The summed E-state index contributed by atoms with van der Waals surface area (Å²) in [5, 5.41) is 4.46. The maximum Gasteiger partial charge on any atom is 0.407 e. The molecule has 0 aliphatic carbocycles. The van der Waals surface area contributed by atoms with Gasteiger partial charge in [0.1, 0.15) is 0 Å². The number of nitrogens with one attached hydrogen (secondary N) is 1. The summed E-state index contributed by atoms with van der Waals surface area (Å²) in [6.07, 6.45) is 1.23. The number of aryl methyl sites for hydroxylation is 1. The number of carbonyl (C=O) groups is 1. The molecule has 1 aliphatic heterocycles. The third-order valence-electron chi connectivity index (χ3n) is 5.22. The first-order chi connectivity index (χ1) is 14.3. The molecular formula is C22H28N2O5S. The van der Waals surface area contributed by atoms with E-state index in [0.29, 0.717) is 32.4 Å². The van der Waals surface area contributed by atoms with Crippen molar-refractivity contribution in [2.75, 3.05) is 19.7 Å². The zero-order valence-electron chi connectivity index (χ0n) is 17.3. The molecule has 2 aromatic rings. The number of piperidine rings is 1. The van der Waals surface area contributed by atoms with Crippen LogP contribution in [0.2, 0.25) is 0 Å². The minimum absolute atomic E-state index is 0.124. The van der Waals surface area contributed by atoms with Gasteiger partial charge < -0.3 is 10.1 Å². The molecule has 1 fully saturated rings. The van der Waals surface area contributed by atoms with Crippen LogP contribution in [-0.2, 0) is 25.6 Å². The summed E-state index contributed by atoms with van der Waals surface area (Å²) in [5.74, 6) is 0. The lowest BCUT2D eigenvalue weighted by molar-refractivity contribution is -0.0829. The van der Waals surface area contributed by atoms with Gasteiger partial charge in [-0.25, -0.2) is 4.79 Å². The highest BCUT2D eigenvalue weighted by Crippen LogP contribution is 2.28. The van der Waals surface area contributed by atoms with Gasteiger partial charge in [0.15, 0.2) is 0 Å². The topological polar surface area (TPSA) is 84.9 Å². The van der Waals surface area contributed by atoms with Gasteiger partial charge in [-0.15, -0.1) is 0 Å². The van der Waals surface area contributed by atoms with Crippen molar-refractivity contribution in [3.8, 4) is 0 Å². The Kier molecular flexibility index (Phi) is 7.12. The van der Waals surface area contributed by atoms with Gasteiger partial charge in [-0.2, -0.15) is 17.8 Å². The van der Waals surface area contributed by atoms with Crippen LogP contribution in [0, 0.1) is 6.92 Å². The van der Waals surface area contributed by atoms with Crippen LogP contribution < -0.4 is 5.32 Å². The molecule has 0 aromatic heterocycles. The van der Waals surface area contributed by atoms with Crippen LogP contribution in [0.3, 0.4) is 0 Å². The van der Waals surface area contributed by atoms with Crippen LogP contribution in [0.5, 0.6) is 0 Å². The summed E-state index contributed by atoms with van der Waals surface area (Å²) in [5.41, 5.74) is 1.54. The molecule has 0 bridgehead atoms. The first-order valence-corrected chi connectivity index (χ1v) is 11.5. The van der Waals surface area contributed by atoms with Crippen molar-refractivity contribution < 1.29 is 22.2 Å². The molecule has 0 radical (unpaired) electrons. The highest BCUT2D eigenvalue weighted by atomic mass is 32.2. The van der Waals surface area contributed by atoms with E-state index in [9.17, 15) is 13.2 Å². The van der Waals surface area contributed by atoms with E-state index in [1.165, 1.54) is 17.2 Å². The van der Waals surface area contributed by atoms with E-state index in [0.717, 1.165) is 11.1 Å². The third kappa shape index (κ3) is 5.81. The van der Waals surface area contributed by atoms with Crippen molar-refractivity contribution >= 4 is 16.2 Å². The third-order valence-corrected chi connectivity index (χ3v) is 6.48. The molecule has 1 N–H and O–H groups in total. The van der Waals surface area contributed by atoms with E-state index < -0.39 is 21.8 Å². The lowest BCUT2D eigenvalue weighted by Crippen LogP contribution is -2.56. The van der Waals surface area contributed by atoms with Crippen LogP contribution in [0.4, 0.5) is 4.79 Å². The summed E-state index contributed by atoms with van der Waals surface area (Å²) in [6.45, 7) is 4.67. The minimum Gasteiger partial charge on any atom is -0.450 e. The summed E-state index contributed by atoms with van der Waals surface area (Å²) in [4.78, 5) is 12.3. The number of rotatable bonds is 7. The predicted molar refractivity (Wildman–Crippen MR) is 113 cm³/mol. The lowest BCUT2D eigenvalue weighted by atomic mass is 9.82. The number of hydrogen-bond donors (Lipinski definition) is 1. The van der Waals surface area contributed by atoms with Crippen molar-refractivity contribution in [1.29, 1.82) is 0 Å². The second-order valence-corrected chi connectivity index (χ2v) is 9.09.